The number of hydrogen-bond acceptors (Lipinski definition) is 4. The van der Waals surface area contributed by atoms with Crippen molar-refractivity contribution >= 4 is 33.1 Å². The van der Waals surface area contributed by atoms with E-state index in [0.29, 0.717) is 16.7 Å². The highest BCUT2D eigenvalue weighted by atomic mass is 32.2. The van der Waals surface area contributed by atoms with Crippen molar-refractivity contribution in [1.82, 2.24) is 16.2 Å². The zero-order valence-electron chi connectivity index (χ0n) is 15.4. The molecule has 0 saturated heterocycles. The average molecular weight is 418 g/mol. The average Bonchev–Trinajstić information content (AvgIpc) is 2.73. The fourth-order valence-electron chi connectivity index (χ4n) is 3.18. The van der Waals surface area contributed by atoms with E-state index in [1.54, 1.807) is 30.3 Å². The molecule has 28 heavy (non-hydrogen) atoms. The Morgan fingerprint density at radius 3 is 2.11 bits per heavy atom. The van der Waals surface area contributed by atoms with Gasteiger partial charge in [-0.1, -0.05) is 37.5 Å². The lowest BCUT2D eigenvalue weighted by molar-refractivity contribution is 0.0943. The molecule has 1 amide bonds. The first kappa shape index (κ1) is 20.3. The van der Waals surface area contributed by atoms with Crippen LogP contribution in [0.15, 0.2) is 64.4 Å². The van der Waals surface area contributed by atoms with E-state index in [9.17, 15) is 13.2 Å². The summed E-state index contributed by atoms with van der Waals surface area (Å²) in [5.41, 5.74) is 5.57. The van der Waals surface area contributed by atoms with Gasteiger partial charge in [0.05, 0.1) is 9.79 Å². The minimum Gasteiger partial charge on any atom is -0.359 e. The Kier molecular flexibility index (Phi) is 6.64. The summed E-state index contributed by atoms with van der Waals surface area (Å²) in [6.07, 6.45) is 5.78. The normalized spacial score (nSPS) is 14.9. The van der Waals surface area contributed by atoms with E-state index in [4.69, 9.17) is 12.2 Å². The number of benzene rings is 2. The first-order valence-electron chi connectivity index (χ1n) is 9.24. The van der Waals surface area contributed by atoms with Gasteiger partial charge >= 0.3 is 0 Å². The Bertz CT molecular complexity index is 923. The van der Waals surface area contributed by atoms with Crippen molar-refractivity contribution in [3.8, 4) is 0 Å². The van der Waals surface area contributed by atoms with Gasteiger partial charge in [0, 0.05) is 11.6 Å². The van der Waals surface area contributed by atoms with Gasteiger partial charge in [0.15, 0.2) is 5.11 Å². The van der Waals surface area contributed by atoms with Crippen LogP contribution < -0.4 is 16.2 Å². The molecule has 1 aliphatic rings. The van der Waals surface area contributed by atoms with E-state index in [2.05, 4.69) is 16.2 Å². The van der Waals surface area contributed by atoms with E-state index < -0.39 is 15.7 Å². The molecular formula is C20H23N3O3S2. The molecule has 1 fully saturated rings. The molecular weight excluding hydrogens is 394 g/mol. The van der Waals surface area contributed by atoms with Gasteiger partial charge in [-0.05, 0) is 61.5 Å². The highest BCUT2D eigenvalue weighted by molar-refractivity contribution is 7.91. The van der Waals surface area contributed by atoms with Crippen LogP contribution in [0.4, 0.5) is 0 Å². The molecule has 2 aromatic rings. The fourth-order valence-corrected chi connectivity index (χ4v) is 4.67. The second-order valence-corrected chi connectivity index (χ2v) is 9.09. The second-order valence-electron chi connectivity index (χ2n) is 6.73. The number of nitrogens with one attached hydrogen (secondary N) is 3. The molecule has 0 unspecified atom stereocenters. The Balaban J connectivity index is 1.57. The number of hydrogen-bond donors (Lipinski definition) is 3. The zero-order valence-corrected chi connectivity index (χ0v) is 17.0. The number of sulfone groups is 1. The van der Waals surface area contributed by atoms with Gasteiger partial charge < -0.3 is 5.32 Å². The smallest absolute Gasteiger partial charge is 0.269 e. The third-order valence-corrected chi connectivity index (χ3v) is 6.72. The van der Waals surface area contributed by atoms with Crippen molar-refractivity contribution in [3.05, 3.63) is 60.2 Å². The molecule has 1 aliphatic carbocycles. The standard InChI is InChI=1S/C20H23N3O3S2/c24-19(22-23-20(27)21-16-7-3-1-4-8-16)15-11-13-18(14-12-15)28(25,26)17-9-5-2-6-10-17/h2,5-6,9-14,16H,1,3-4,7-8H2,(H,22,24)(H2,21,23,27). The minimum atomic E-state index is -3.60. The van der Waals surface area contributed by atoms with Crippen LogP contribution in [0.3, 0.4) is 0 Å². The van der Waals surface area contributed by atoms with Crippen molar-refractivity contribution in [2.24, 2.45) is 0 Å². The molecule has 0 aliphatic heterocycles. The molecule has 2 aromatic carbocycles. The number of rotatable bonds is 4. The van der Waals surface area contributed by atoms with E-state index in [1.165, 1.54) is 43.5 Å². The van der Waals surface area contributed by atoms with E-state index in [1.807, 2.05) is 0 Å². The molecule has 0 atom stereocenters. The second kappa shape index (κ2) is 9.16. The van der Waals surface area contributed by atoms with Crippen molar-refractivity contribution < 1.29 is 13.2 Å². The van der Waals surface area contributed by atoms with Gasteiger partial charge in [0.2, 0.25) is 9.84 Å². The Hall–Kier alpha value is -2.45. The highest BCUT2D eigenvalue weighted by Crippen LogP contribution is 2.20. The van der Waals surface area contributed by atoms with Gasteiger partial charge in [-0.15, -0.1) is 0 Å². The summed E-state index contributed by atoms with van der Waals surface area (Å²) in [5.74, 6) is -0.392. The predicted molar refractivity (Wildman–Crippen MR) is 112 cm³/mol. The molecule has 3 N–H and O–H groups in total. The third-order valence-electron chi connectivity index (χ3n) is 4.71. The molecule has 0 radical (unpaired) electrons. The summed E-state index contributed by atoms with van der Waals surface area (Å²) in [5, 5.41) is 3.58. The summed E-state index contributed by atoms with van der Waals surface area (Å²) in [6, 6.07) is 14.3. The lowest BCUT2D eigenvalue weighted by atomic mass is 9.96. The summed E-state index contributed by atoms with van der Waals surface area (Å²) < 4.78 is 25.2. The first-order valence-corrected chi connectivity index (χ1v) is 11.1. The summed E-state index contributed by atoms with van der Waals surface area (Å²) >= 11 is 5.21. The maximum atomic E-state index is 12.6. The lowest BCUT2D eigenvalue weighted by Crippen LogP contribution is -2.50. The molecule has 0 bridgehead atoms. The van der Waals surface area contributed by atoms with Crippen molar-refractivity contribution in [1.29, 1.82) is 0 Å². The monoisotopic (exact) mass is 417 g/mol. The van der Waals surface area contributed by atoms with Crippen molar-refractivity contribution in [2.45, 2.75) is 47.9 Å². The molecule has 148 valence electrons. The lowest BCUT2D eigenvalue weighted by Gasteiger charge is -2.24. The summed E-state index contributed by atoms with van der Waals surface area (Å²) in [7, 11) is -3.60. The van der Waals surface area contributed by atoms with E-state index >= 15 is 0 Å². The van der Waals surface area contributed by atoms with Gasteiger partial charge in [0.25, 0.3) is 5.91 Å². The van der Waals surface area contributed by atoms with Crippen LogP contribution in [0.25, 0.3) is 0 Å². The molecule has 6 nitrogen and oxygen atoms in total. The van der Waals surface area contributed by atoms with Crippen molar-refractivity contribution in [3.63, 3.8) is 0 Å². The molecule has 0 heterocycles. The number of amides is 1. The van der Waals surface area contributed by atoms with Crippen LogP contribution in [0.5, 0.6) is 0 Å². The quantitative estimate of drug-likeness (QED) is 0.524. The minimum absolute atomic E-state index is 0.137. The van der Waals surface area contributed by atoms with E-state index in [-0.39, 0.29) is 9.79 Å². The van der Waals surface area contributed by atoms with Crippen LogP contribution >= 0.6 is 12.2 Å². The number of thiocarbonyl (C=S) groups is 1. The van der Waals surface area contributed by atoms with Gasteiger partial charge in [-0.3, -0.25) is 15.6 Å². The maximum absolute atomic E-state index is 12.6. The number of carbonyl (C=O) groups is 1. The Morgan fingerprint density at radius 1 is 0.857 bits per heavy atom. The van der Waals surface area contributed by atoms with Crippen LogP contribution in [0.1, 0.15) is 42.5 Å². The van der Waals surface area contributed by atoms with Gasteiger partial charge in [0.1, 0.15) is 0 Å². The third kappa shape index (κ3) is 5.08. The molecule has 0 spiro atoms. The zero-order chi connectivity index (χ0) is 20.0. The van der Waals surface area contributed by atoms with Crippen LogP contribution in [0.2, 0.25) is 0 Å². The highest BCUT2D eigenvalue weighted by Gasteiger charge is 2.18. The number of hydrazine groups is 1. The summed E-state index contributed by atoms with van der Waals surface area (Å²) in [6.45, 7) is 0. The van der Waals surface area contributed by atoms with Crippen LogP contribution in [-0.4, -0.2) is 25.5 Å². The predicted octanol–water partition coefficient (Wildman–Crippen LogP) is 2.96. The maximum Gasteiger partial charge on any atom is 0.269 e. The van der Waals surface area contributed by atoms with Crippen LogP contribution in [0, 0.1) is 0 Å². The van der Waals surface area contributed by atoms with Crippen LogP contribution in [-0.2, 0) is 9.84 Å². The van der Waals surface area contributed by atoms with Crippen molar-refractivity contribution in [2.75, 3.05) is 0 Å². The Labute approximate surface area is 170 Å². The van der Waals surface area contributed by atoms with Gasteiger partial charge in [-0.2, -0.15) is 0 Å². The SMILES string of the molecule is O=C(NNC(=S)NC1CCCCC1)c1ccc(S(=O)(=O)c2ccccc2)cc1. The topological polar surface area (TPSA) is 87.3 Å². The molecule has 3 rings (SSSR count). The number of carbonyl (C=O) groups excluding carboxylic acids is 1. The molecule has 8 heteroatoms. The summed E-state index contributed by atoms with van der Waals surface area (Å²) in [4.78, 5) is 12.6. The first-order chi connectivity index (χ1) is 13.5. The largest absolute Gasteiger partial charge is 0.359 e. The fraction of sp³-hybridized carbons (Fsp3) is 0.300. The molecule has 0 aromatic heterocycles. The van der Waals surface area contributed by atoms with E-state index in [0.717, 1.165) is 12.8 Å². The van der Waals surface area contributed by atoms with Gasteiger partial charge in [-0.25, -0.2) is 8.42 Å². The molecule has 1 saturated carbocycles. The Morgan fingerprint density at radius 2 is 1.46 bits per heavy atom.